The molecule has 0 radical (unpaired) electrons. The number of rotatable bonds is 6. The Bertz CT molecular complexity index is 681. The predicted molar refractivity (Wildman–Crippen MR) is 91.2 cm³/mol. The van der Waals surface area contributed by atoms with E-state index >= 15 is 0 Å². The summed E-state index contributed by atoms with van der Waals surface area (Å²) in [4.78, 5) is 27.9. The first-order valence-electron chi connectivity index (χ1n) is 7.70. The van der Waals surface area contributed by atoms with Gasteiger partial charge in [-0.05, 0) is 37.1 Å². The molecule has 2 rings (SSSR count). The molecule has 2 unspecified atom stereocenters. The smallest absolute Gasteiger partial charge is 0.249 e. The van der Waals surface area contributed by atoms with Gasteiger partial charge in [0.25, 0.3) is 0 Å². The van der Waals surface area contributed by atoms with Gasteiger partial charge in [0.2, 0.25) is 11.8 Å². The molecule has 8 nitrogen and oxygen atoms in total. The molecule has 0 saturated heterocycles. The van der Waals surface area contributed by atoms with Crippen LogP contribution in [-0.4, -0.2) is 32.6 Å². The lowest BCUT2D eigenvalue weighted by atomic mass is 10.0. The minimum Gasteiger partial charge on any atom is -0.325 e. The fourth-order valence-electron chi connectivity index (χ4n) is 1.95. The predicted octanol–water partition coefficient (Wildman–Crippen LogP) is 1.40. The number of nitrogens with zero attached hydrogens (tertiary/aromatic N) is 3. The second-order valence-corrected chi connectivity index (χ2v) is 5.88. The van der Waals surface area contributed by atoms with Gasteiger partial charge in [-0.1, -0.05) is 13.8 Å². The van der Waals surface area contributed by atoms with Gasteiger partial charge in [-0.2, -0.15) is 5.10 Å². The average Bonchev–Trinajstić information content (AvgIpc) is 3.09. The van der Waals surface area contributed by atoms with Crippen molar-refractivity contribution < 1.29 is 9.59 Å². The summed E-state index contributed by atoms with van der Waals surface area (Å²) in [5.74, 6) is -0.387. The van der Waals surface area contributed by atoms with Crippen LogP contribution >= 0.6 is 0 Å². The first-order valence-corrected chi connectivity index (χ1v) is 7.70. The lowest BCUT2D eigenvalue weighted by Crippen LogP contribution is -2.39. The molecule has 0 aliphatic heterocycles. The Labute approximate surface area is 140 Å². The van der Waals surface area contributed by atoms with Gasteiger partial charge in [0.15, 0.2) is 0 Å². The molecule has 1 aromatic carbocycles. The van der Waals surface area contributed by atoms with Gasteiger partial charge >= 0.3 is 0 Å². The number of anilines is 2. The Morgan fingerprint density at radius 1 is 1.04 bits per heavy atom. The van der Waals surface area contributed by atoms with E-state index in [9.17, 15) is 9.59 Å². The number of hydrogen-bond donors (Lipinski definition) is 3. The fourth-order valence-corrected chi connectivity index (χ4v) is 1.95. The third-order valence-electron chi connectivity index (χ3n) is 3.65. The molecule has 8 heteroatoms. The molecule has 128 valence electrons. The second-order valence-electron chi connectivity index (χ2n) is 5.88. The highest BCUT2D eigenvalue weighted by Crippen LogP contribution is 2.16. The fraction of sp³-hybridized carbons (Fsp3) is 0.375. The zero-order valence-corrected chi connectivity index (χ0v) is 13.9. The lowest BCUT2D eigenvalue weighted by Gasteiger charge is -2.16. The number of carbonyl (C=O) groups is 2. The molecule has 0 aliphatic carbocycles. The van der Waals surface area contributed by atoms with Gasteiger partial charge in [-0.3, -0.25) is 9.59 Å². The van der Waals surface area contributed by atoms with Gasteiger partial charge in [0.05, 0.1) is 6.04 Å². The number of aromatic nitrogens is 3. The summed E-state index contributed by atoms with van der Waals surface area (Å²) >= 11 is 0. The van der Waals surface area contributed by atoms with E-state index in [-0.39, 0.29) is 17.7 Å². The molecule has 0 spiro atoms. The van der Waals surface area contributed by atoms with E-state index < -0.39 is 12.1 Å². The average molecular weight is 330 g/mol. The van der Waals surface area contributed by atoms with Crippen LogP contribution in [0.25, 0.3) is 0 Å². The first-order chi connectivity index (χ1) is 11.4. The Morgan fingerprint density at radius 2 is 1.58 bits per heavy atom. The highest BCUT2D eigenvalue weighted by atomic mass is 16.2. The van der Waals surface area contributed by atoms with Gasteiger partial charge in [0.1, 0.15) is 18.7 Å². The van der Waals surface area contributed by atoms with E-state index in [1.165, 1.54) is 17.3 Å². The molecule has 2 atom stereocenters. The van der Waals surface area contributed by atoms with Crippen LogP contribution in [0.2, 0.25) is 0 Å². The summed E-state index contributed by atoms with van der Waals surface area (Å²) in [5, 5.41) is 9.48. The Kier molecular flexibility index (Phi) is 5.64. The summed E-state index contributed by atoms with van der Waals surface area (Å²) in [6.07, 6.45) is 2.87. The van der Waals surface area contributed by atoms with Crippen molar-refractivity contribution in [1.29, 1.82) is 0 Å². The number of hydrogen-bond acceptors (Lipinski definition) is 5. The molecular weight excluding hydrogens is 308 g/mol. The van der Waals surface area contributed by atoms with Crippen LogP contribution in [0.5, 0.6) is 0 Å². The Balaban J connectivity index is 1.94. The number of nitrogens with one attached hydrogen (secondary N) is 2. The van der Waals surface area contributed by atoms with Gasteiger partial charge in [0, 0.05) is 11.4 Å². The molecule has 2 amide bonds. The Morgan fingerprint density at radius 3 is 2.04 bits per heavy atom. The summed E-state index contributed by atoms with van der Waals surface area (Å²) in [6.45, 7) is 5.50. The van der Waals surface area contributed by atoms with Crippen molar-refractivity contribution in [2.24, 2.45) is 11.7 Å². The molecule has 1 heterocycles. The van der Waals surface area contributed by atoms with Crippen molar-refractivity contribution in [3.63, 3.8) is 0 Å². The third kappa shape index (κ3) is 4.39. The van der Waals surface area contributed by atoms with Crippen molar-refractivity contribution in [3.8, 4) is 0 Å². The summed E-state index contributed by atoms with van der Waals surface area (Å²) in [6, 6.07) is 5.80. The van der Waals surface area contributed by atoms with Crippen LogP contribution in [0.1, 0.15) is 26.8 Å². The molecule has 0 fully saturated rings. The van der Waals surface area contributed by atoms with Crippen molar-refractivity contribution in [2.45, 2.75) is 32.9 Å². The molecule has 2 aromatic rings. The number of nitrogens with two attached hydrogens (primary N) is 1. The molecule has 1 aromatic heterocycles. The monoisotopic (exact) mass is 330 g/mol. The van der Waals surface area contributed by atoms with E-state index in [2.05, 4.69) is 20.7 Å². The van der Waals surface area contributed by atoms with E-state index in [4.69, 9.17) is 5.73 Å². The van der Waals surface area contributed by atoms with Crippen molar-refractivity contribution in [2.75, 3.05) is 10.6 Å². The minimum atomic E-state index is -0.562. The van der Waals surface area contributed by atoms with E-state index in [0.717, 1.165) is 0 Å². The van der Waals surface area contributed by atoms with Crippen molar-refractivity contribution in [1.82, 2.24) is 14.8 Å². The quantitative estimate of drug-likeness (QED) is 0.740. The first kappa shape index (κ1) is 17.6. The molecular formula is C16H22N6O2. The van der Waals surface area contributed by atoms with Crippen LogP contribution in [0, 0.1) is 5.92 Å². The van der Waals surface area contributed by atoms with Crippen LogP contribution < -0.4 is 16.4 Å². The maximum absolute atomic E-state index is 12.2. The normalized spacial score (nSPS) is 13.4. The topological polar surface area (TPSA) is 115 Å². The highest BCUT2D eigenvalue weighted by molar-refractivity contribution is 5.96. The maximum atomic E-state index is 12.2. The maximum Gasteiger partial charge on any atom is 0.249 e. The number of amides is 2. The van der Waals surface area contributed by atoms with Crippen LogP contribution in [-0.2, 0) is 9.59 Å². The van der Waals surface area contributed by atoms with Crippen LogP contribution in [0.15, 0.2) is 36.9 Å². The van der Waals surface area contributed by atoms with Crippen LogP contribution in [0.3, 0.4) is 0 Å². The van der Waals surface area contributed by atoms with E-state index in [0.29, 0.717) is 11.4 Å². The summed E-state index contributed by atoms with van der Waals surface area (Å²) in [7, 11) is 0. The van der Waals surface area contributed by atoms with Gasteiger partial charge in [-0.25, -0.2) is 9.67 Å². The molecule has 0 aliphatic rings. The number of carbonyl (C=O) groups excluding carboxylic acids is 2. The van der Waals surface area contributed by atoms with Crippen LogP contribution in [0.4, 0.5) is 11.4 Å². The lowest BCUT2D eigenvalue weighted by molar-refractivity contribution is -0.119. The molecule has 24 heavy (non-hydrogen) atoms. The van der Waals surface area contributed by atoms with Gasteiger partial charge in [-0.15, -0.1) is 0 Å². The SMILES string of the molecule is CC(C)C(N)C(=O)Nc1ccc(NC(=O)C(C)n2cncn2)cc1. The molecule has 4 N–H and O–H groups in total. The number of benzene rings is 1. The molecule has 0 bridgehead atoms. The van der Waals surface area contributed by atoms with E-state index in [1.54, 1.807) is 31.2 Å². The third-order valence-corrected chi connectivity index (χ3v) is 3.65. The summed E-state index contributed by atoms with van der Waals surface area (Å²) in [5.41, 5.74) is 7.05. The zero-order valence-electron chi connectivity index (χ0n) is 13.9. The molecule has 0 saturated carbocycles. The second kappa shape index (κ2) is 7.69. The summed E-state index contributed by atoms with van der Waals surface area (Å²) < 4.78 is 1.47. The van der Waals surface area contributed by atoms with Crippen molar-refractivity contribution >= 4 is 23.2 Å². The van der Waals surface area contributed by atoms with Crippen molar-refractivity contribution in [3.05, 3.63) is 36.9 Å². The minimum absolute atomic E-state index is 0.0573. The van der Waals surface area contributed by atoms with E-state index in [1.807, 2.05) is 13.8 Å². The highest BCUT2D eigenvalue weighted by Gasteiger charge is 2.18. The Hall–Kier alpha value is -2.74. The standard InChI is InChI=1S/C16H22N6O2/c1-10(2)14(17)16(24)21-13-6-4-12(5-7-13)20-15(23)11(3)22-9-18-8-19-22/h4-11,14H,17H2,1-3H3,(H,20,23)(H,21,24). The van der Waals surface area contributed by atoms with Gasteiger partial charge < -0.3 is 16.4 Å². The zero-order chi connectivity index (χ0) is 17.7. The largest absolute Gasteiger partial charge is 0.325 e.